The lowest BCUT2D eigenvalue weighted by Gasteiger charge is -1.99. The van der Waals surface area contributed by atoms with Gasteiger partial charge in [0, 0.05) is 14.5 Å². The number of pyridine rings is 1. The summed E-state index contributed by atoms with van der Waals surface area (Å²) >= 11 is 18.7. The van der Waals surface area contributed by atoms with Gasteiger partial charge in [0.15, 0.2) is 5.65 Å². The fraction of sp³-hybridized carbons (Fsp3) is 0. The third-order valence-electron chi connectivity index (χ3n) is 2.52. The Kier molecular flexibility index (Phi) is 3.55. The standard InChI is InChI=1S/C12H5Br2Cl2N3/c13-6-1-5(2-7(14)3-6)11-17-9-4-8(15)10(16)18-12(9)19-11/h1-4H,(H,17,18,19). The van der Waals surface area contributed by atoms with Crippen LogP contribution in [-0.2, 0) is 0 Å². The Bertz CT molecular complexity index is 727. The molecule has 3 aromatic rings. The first-order chi connectivity index (χ1) is 9.02. The zero-order valence-electron chi connectivity index (χ0n) is 9.22. The molecule has 3 rings (SSSR count). The lowest BCUT2D eigenvalue weighted by atomic mass is 10.2. The molecule has 7 heteroatoms. The minimum atomic E-state index is 0.252. The Morgan fingerprint density at radius 1 is 0.947 bits per heavy atom. The summed E-state index contributed by atoms with van der Waals surface area (Å²) in [7, 11) is 0. The van der Waals surface area contributed by atoms with Crippen LogP contribution in [-0.4, -0.2) is 15.0 Å². The first-order valence-corrected chi connectivity index (χ1v) is 7.55. The lowest BCUT2D eigenvalue weighted by molar-refractivity contribution is 1.30. The minimum absolute atomic E-state index is 0.252. The summed E-state index contributed by atoms with van der Waals surface area (Å²) in [4.78, 5) is 11.7. The van der Waals surface area contributed by atoms with Gasteiger partial charge in [0.1, 0.15) is 11.0 Å². The van der Waals surface area contributed by atoms with Crippen molar-refractivity contribution >= 4 is 66.2 Å². The Labute approximate surface area is 135 Å². The van der Waals surface area contributed by atoms with Crippen molar-refractivity contribution in [3.63, 3.8) is 0 Å². The maximum Gasteiger partial charge on any atom is 0.179 e. The van der Waals surface area contributed by atoms with Crippen molar-refractivity contribution in [2.24, 2.45) is 0 Å². The number of hydrogen-bond donors (Lipinski definition) is 1. The summed E-state index contributed by atoms with van der Waals surface area (Å²) in [6, 6.07) is 7.60. The molecule has 0 atom stereocenters. The van der Waals surface area contributed by atoms with Crippen molar-refractivity contribution in [1.82, 2.24) is 15.0 Å². The SMILES string of the molecule is Clc1cc2[nH]c(-c3cc(Br)cc(Br)c3)nc2nc1Cl. The van der Waals surface area contributed by atoms with E-state index < -0.39 is 0 Å². The summed E-state index contributed by atoms with van der Waals surface area (Å²) in [6.07, 6.45) is 0. The summed E-state index contributed by atoms with van der Waals surface area (Å²) < 4.78 is 1.92. The fourth-order valence-corrected chi connectivity index (χ4v) is 3.30. The van der Waals surface area contributed by atoms with E-state index in [-0.39, 0.29) is 5.15 Å². The topological polar surface area (TPSA) is 41.6 Å². The quantitative estimate of drug-likeness (QED) is 0.530. The highest BCUT2D eigenvalue weighted by molar-refractivity contribution is 9.11. The molecule has 1 aromatic carbocycles. The van der Waals surface area contributed by atoms with Crippen molar-refractivity contribution in [3.8, 4) is 11.4 Å². The highest BCUT2D eigenvalue weighted by Crippen LogP contribution is 2.29. The van der Waals surface area contributed by atoms with Gasteiger partial charge < -0.3 is 4.98 Å². The molecule has 19 heavy (non-hydrogen) atoms. The number of aromatic amines is 1. The van der Waals surface area contributed by atoms with Crippen LogP contribution < -0.4 is 0 Å². The molecule has 0 amide bonds. The minimum Gasteiger partial charge on any atom is -0.337 e. The van der Waals surface area contributed by atoms with Gasteiger partial charge in [0.2, 0.25) is 0 Å². The largest absolute Gasteiger partial charge is 0.337 e. The van der Waals surface area contributed by atoms with Gasteiger partial charge >= 0.3 is 0 Å². The Morgan fingerprint density at radius 3 is 2.32 bits per heavy atom. The van der Waals surface area contributed by atoms with Gasteiger partial charge in [-0.05, 0) is 24.3 Å². The van der Waals surface area contributed by atoms with E-state index in [2.05, 4.69) is 46.8 Å². The number of hydrogen-bond acceptors (Lipinski definition) is 2. The second-order valence-electron chi connectivity index (χ2n) is 3.88. The zero-order chi connectivity index (χ0) is 13.6. The molecule has 0 aliphatic rings. The van der Waals surface area contributed by atoms with Crippen molar-refractivity contribution in [2.75, 3.05) is 0 Å². The molecule has 0 saturated carbocycles. The molecule has 0 fully saturated rings. The van der Waals surface area contributed by atoms with Gasteiger partial charge in [0.25, 0.3) is 0 Å². The number of nitrogens with one attached hydrogen (secondary N) is 1. The highest BCUT2D eigenvalue weighted by Gasteiger charge is 2.10. The molecule has 1 N–H and O–H groups in total. The number of nitrogens with zero attached hydrogens (tertiary/aromatic N) is 2. The van der Waals surface area contributed by atoms with Crippen LogP contribution in [0.4, 0.5) is 0 Å². The van der Waals surface area contributed by atoms with E-state index >= 15 is 0 Å². The van der Waals surface area contributed by atoms with Crippen LogP contribution in [0.15, 0.2) is 33.2 Å². The summed E-state index contributed by atoms with van der Waals surface area (Å²) in [5, 5.41) is 0.655. The van der Waals surface area contributed by atoms with E-state index in [4.69, 9.17) is 23.2 Å². The fourth-order valence-electron chi connectivity index (χ4n) is 1.72. The molecule has 0 unspecified atom stereocenters. The Hall–Kier alpha value is -0.620. The van der Waals surface area contributed by atoms with Crippen LogP contribution in [0.3, 0.4) is 0 Å². The molecule has 0 spiro atoms. The van der Waals surface area contributed by atoms with Crippen LogP contribution in [0.25, 0.3) is 22.6 Å². The normalized spacial score (nSPS) is 11.2. The third kappa shape index (κ3) is 2.65. The number of H-pyrrole nitrogens is 1. The predicted octanol–water partition coefficient (Wildman–Crippen LogP) is 5.46. The average molecular weight is 422 g/mol. The van der Waals surface area contributed by atoms with Crippen LogP contribution in [0.2, 0.25) is 10.2 Å². The number of aromatic nitrogens is 3. The first kappa shape index (κ1) is 13.4. The number of benzene rings is 1. The molecular weight excluding hydrogens is 417 g/mol. The summed E-state index contributed by atoms with van der Waals surface area (Å²) in [5.41, 5.74) is 2.23. The molecule has 2 aromatic heterocycles. The van der Waals surface area contributed by atoms with Crippen molar-refractivity contribution < 1.29 is 0 Å². The van der Waals surface area contributed by atoms with Gasteiger partial charge in [-0.25, -0.2) is 9.97 Å². The van der Waals surface area contributed by atoms with E-state index in [1.807, 2.05) is 18.2 Å². The maximum atomic E-state index is 5.94. The predicted molar refractivity (Wildman–Crippen MR) is 84.7 cm³/mol. The van der Waals surface area contributed by atoms with Gasteiger partial charge in [0.05, 0.1) is 10.5 Å². The molecule has 0 aliphatic heterocycles. The maximum absolute atomic E-state index is 5.94. The molecule has 96 valence electrons. The molecular formula is C12H5Br2Cl2N3. The molecule has 0 radical (unpaired) electrons. The molecule has 0 saturated heterocycles. The Balaban J connectivity index is 2.20. The highest BCUT2D eigenvalue weighted by atomic mass is 79.9. The van der Waals surface area contributed by atoms with Crippen molar-refractivity contribution in [1.29, 1.82) is 0 Å². The third-order valence-corrected chi connectivity index (χ3v) is 4.11. The van der Waals surface area contributed by atoms with Crippen LogP contribution in [0, 0.1) is 0 Å². The van der Waals surface area contributed by atoms with Gasteiger partial charge in [-0.3, -0.25) is 0 Å². The molecule has 2 heterocycles. The van der Waals surface area contributed by atoms with Crippen LogP contribution in [0.5, 0.6) is 0 Å². The first-order valence-electron chi connectivity index (χ1n) is 5.21. The smallest absolute Gasteiger partial charge is 0.179 e. The van der Waals surface area contributed by atoms with Gasteiger partial charge in [-0.1, -0.05) is 55.1 Å². The zero-order valence-corrected chi connectivity index (χ0v) is 13.9. The van der Waals surface area contributed by atoms with Crippen molar-refractivity contribution in [2.45, 2.75) is 0 Å². The lowest BCUT2D eigenvalue weighted by Crippen LogP contribution is -1.81. The monoisotopic (exact) mass is 419 g/mol. The van der Waals surface area contributed by atoms with E-state index in [1.54, 1.807) is 6.07 Å². The van der Waals surface area contributed by atoms with E-state index in [0.29, 0.717) is 16.5 Å². The second-order valence-corrected chi connectivity index (χ2v) is 6.47. The van der Waals surface area contributed by atoms with Crippen LogP contribution >= 0.6 is 55.1 Å². The van der Waals surface area contributed by atoms with Gasteiger partial charge in [-0.15, -0.1) is 0 Å². The molecule has 0 aliphatic carbocycles. The molecule has 0 bridgehead atoms. The molecule has 3 nitrogen and oxygen atoms in total. The summed E-state index contributed by atoms with van der Waals surface area (Å²) in [6.45, 7) is 0. The van der Waals surface area contributed by atoms with Crippen LogP contribution in [0.1, 0.15) is 0 Å². The van der Waals surface area contributed by atoms with E-state index in [0.717, 1.165) is 20.0 Å². The average Bonchev–Trinajstić information content (AvgIpc) is 2.71. The van der Waals surface area contributed by atoms with E-state index in [9.17, 15) is 0 Å². The second kappa shape index (κ2) is 5.05. The Morgan fingerprint density at radius 2 is 1.63 bits per heavy atom. The number of imidazole rings is 1. The summed E-state index contributed by atoms with van der Waals surface area (Å²) in [5.74, 6) is 0.711. The van der Waals surface area contributed by atoms with E-state index in [1.165, 1.54) is 0 Å². The number of fused-ring (bicyclic) bond motifs is 1. The number of halogens is 4. The van der Waals surface area contributed by atoms with Gasteiger partial charge in [-0.2, -0.15) is 0 Å². The van der Waals surface area contributed by atoms with Crippen molar-refractivity contribution in [3.05, 3.63) is 43.4 Å². The number of rotatable bonds is 1.